The van der Waals surface area contributed by atoms with Gasteiger partial charge in [-0.3, -0.25) is 4.79 Å². The molecule has 3 N–H and O–H groups in total. The summed E-state index contributed by atoms with van der Waals surface area (Å²) in [5.41, 5.74) is 10.0. The van der Waals surface area contributed by atoms with Crippen LogP contribution in [-0.4, -0.2) is 10.9 Å². The zero-order valence-corrected chi connectivity index (χ0v) is 11.2. The van der Waals surface area contributed by atoms with Crippen molar-refractivity contribution in [1.82, 2.24) is 4.98 Å². The number of fused-ring (bicyclic) bond motifs is 1. The lowest BCUT2D eigenvalue weighted by molar-refractivity contribution is 0.102. The lowest BCUT2D eigenvalue weighted by Gasteiger charge is -2.19. The van der Waals surface area contributed by atoms with Gasteiger partial charge in [-0.2, -0.15) is 0 Å². The normalized spacial score (nSPS) is 13.6. The number of nitrogens with zero attached hydrogens (tertiary/aromatic N) is 1. The molecule has 0 saturated carbocycles. The van der Waals surface area contributed by atoms with Gasteiger partial charge in [-0.15, -0.1) is 0 Å². The summed E-state index contributed by atoms with van der Waals surface area (Å²) in [6, 6.07) is 9.42. The Morgan fingerprint density at radius 1 is 1.15 bits per heavy atom. The third-order valence-corrected chi connectivity index (χ3v) is 3.66. The Labute approximate surface area is 118 Å². The third-order valence-electron chi connectivity index (χ3n) is 3.66. The highest BCUT2D eigenvalue weighted by molar-refractivity contribution is 6.03. The number of amides is 1. The maximum atomic E-state index is 12.2. The molecule has 0 aliphatic heterocycles. The fraction of sp³-hybridized carbons (Fsp3) is 0.250. The van der Waals surface area contributed by atoms with Gasteiger partial charge in [-0.25, -0.2) is 4.98 Å². The summed E-state index contributed by atoms with van der Waals surface area (Å²) in [4.78, 5) is 16.2. The number of nitrogens with two attached hydrogens (primary N) is 1. The number of carbonyl (C=O) groups is 1. The van der Waals surface area contributed by atoms with Crippen molar-refractivity contribution in [2.24, 2.45) is 0 Å². The van der Waals surface area contributed by atoms with Crippen molar-refractivity contribution in [2.45, 2.75) is 25.7 Å². The van der Waals surface area contributed by atoms with E-state index < -0.39 is 0 Å². The molecule has 0 atom stereocenters. The van der Waals surface area contributed by atoms with Gasteiger partial charge in [-0.1, -0.05) is 12.1 Å². The Morgan fingerprint density at radius 3 is 2.80 bits per heavy atom. The van der Waals surface area contributed by atoms with Crippen molar-refractivity contribution in [3.63, 3.8) is 0 Å². The largest absolute Gasteiger partial charge is 0.397 e. The van der Waals surface area contributed by atoms with Gasteiger partial charge < -0.3 is 11.1 Å². The summed E-state index contributed by atoms with van der Waals surface area (Å²) in [6.45, 7) is 0. The van der Waals surface area contributed by atoms with Crippen LogP contribution < -0.4 is 11.1 Å². The van der Waals surface area contributed by atoms with Crippen molar-refractivity contribution in [3.8, 4) is 0 Å². The van der Waals surface area contributed by atoms with E-state index in [9.17, 15) is 4.79 Å². The first-order valence-electron chi connectivity index (χ1n) is 6.88. The Bertz CT molecular complexity index is 635. The van der Waals surface area contributed by atoms with Gasteiger partial charge in [0.25, 0.3) is 5.91 Å². The molecule has 0 bridgehead atoms. The molecule has 0 unspecified atom stereocenters. The van der Waals surface area contributed by atoms with Gasteiger partial charge in [-0.05, 0) is 55.0 Å². The summed E-state index contributed by atoms with van der Waals surface area (Å²) < 4.78 is 0. The highest BCUT2D eigenvalue weighted by atomic mass is 16.1. The summed E-state index contributed by atoms with van der Waals surface area (Å²) in [7, 11) is 0. The Balaban J connectivity index is 1.84. The van der Waals surface area contributed by atoms with E-state index in [1.54, 1.807) is 12.1 Å². The number of carbonyl (C=O) groups excluding carboxylic acids is 1. The molecule has 1 aliphatic carbocycles. The average Bonchev–Trinajstić information content (AvgIpc) is 2.48. The maximum absolute atomic E-state index is 12.2. The highest BCUT2D eigenvalue weighted by Crippen LogP contribution is 2.28. The minimum absolute atomic E-state index is 0.191. The number of aryl methyl sites for hydroxylation is 1. The second-order valence-corrected chi connectivity index (χ2v) is 5.08. The first-order chi connectivity index (χ1) is 9.74. The van der Waals surface area contributed by atoms with Gasteiger partial charge in [0.15, 0.2) is 0 Å². The molecule has 20 heavy (non-hydrogen) atoms. The van der Waals surface area contributed by atoms with E-state index in [1.165, 1.54) is 30.2 Å². The van der Waals surface area contributed by atoms with Gasteiger partial charge >= 0.3 is 0 Å². The summed E-state index contributed by atoms with van der Waals surface area (Å²) in [6.07, 6.45) is 6.03. The van der Waals surface area contributed by atoms with E-state index in [0.717, 1.165) is 18.5 Å². The standard InChI is InChI=1S/C16H17N3O/c17-12-8-9-15(18-10-12)16(20)19-14-7-3-5-11-4-1-2-6-13(11)14/h3,5,7-10H,1-2,4,6,17H2,(H,19,20). The van der Waals surface area contributed by atoms with E-state index in [-0.39, 0.29) is 5.91 Å². The number of pyridine rings is 1. The van der Waals surface area contributed by atoms with Crippen LogP contribution in [0.2, 0.25) is 0 Å². The molecule has 1 aromatic carbocycles. The zero-order chi connectivity index (χ0) is 13.9. The van der Waals surface area contributed by atoms with Gasteiger partial charge in [0.2, 0.25) is 0 Å². The molecule has 0 radical (unpaired) electrons. The molecule has 102 valence electrons. The molecule has 1 aromatic heterocycles. The fourth-order valence-electron chi connectivity index (χ4n) is 2.62. The van der Waals surface area contributed by atoms with E-state index in [2.05, 4.69) is 16.4 Å². The quantitative estimate of drug-likeness (QED) is 0.879. The van der Waals surface area contributed by atoms with Crippen molar-refractivity contribution in [1.29, 1.82) is 0 Å². The lowest BCUT2D eigenvalue weighted by atomic mass is 9.90. The van der Waals surface area contributed by atoms with Crippen LogP contribution in [0.3, 0.4) is 0 Å². The summed E-state index contributed by atoms with van der Waals surface area (Å²) in [5.74, 6) is -0.191. The Morgan fingerprint density at radius 2 is 2.00 bits per heavy atom. The second-order valence-electron chi connectivity index (χ2n) is 5.08. The Kier molecular flexibility index (Phi) is 3.37. The van der Waals surface area contributed by atoms with Crippen LogP contribution in [0.5, 0.6) is 0 Å². The van der Waals surface area contributed by atoms with Crippen molar-refractivity contribution < 1.29 is 4.79 Å². The van der Waals surface area contributed by atoms with Gasteiger partial charge in [0.1, 0.15) is 5.69 Å². The number of nitrogen functional groups attached to an aromatic ring is 1. The minimum Gasteiger partial charge on any atom is -0.397 e. The Hall–Kier alpha value is -2.36. The summed E-state index contributed by atoms with van der Waals surface area (Å²) in [5, 5.41) is 2.96. The van der Waals surface area contributed by atoms with Crippen molar-refractivity contribution >= 4 is 17.3 Å². The maximum Gasteiger partial charge on any atom is 0.274 e. The predicted octanol–water partition coefficient (Wildman–Crippen LogP) is 2.79. The van der Waals surface area contributed by atoms with E-state index >= 15 is 0 Å². The predicted molar refractivity (Wildman–Crippen MR) is 79.7 cm³/mol. The SMILES string of the molecule is Nc1ccc(C(=O)Nc2cccc3c2CCCC3)nc1. The lowest BCUT2D eigenvalue weighted by Crippen LogP contribution is -2.16. The number of hydrogen-bond acceptors (Lipinski definition) is 3. The topological polar surface area (TPSA) is 68.0 Å². The molecular weight excluding hydrogens is 250 g/mol. The van der Waals surface area contributed by atoms with Crippen LogP contribution >= 0.6 is 0 Å². The van der Waals surface area contributed by atoms with Crippen molar-refractivity contribution in [3.05, 3.63) is 53.3 Å². The monoisotopic (exact) mass is 267 g/mol. The first kappa shape index (κ1) is 12.7. The van der Waals surface area contributed by atoms with Crippen LogP contribution in [0, 0.1) is 0 Å². The number of rotatable bonds is 2. The average molecular weight is 267 g/mol. The second kappa shape index (κ2) is 5.33. The smallest absolute Gasteiger partial charge is 0.274 e. The van der Waals surface area contributed by atoms with Gasteiger partial charge in [0, 0.05) is 5.69 Å². The number of benzene rings is 1. The van der Waals surface area contributed by atoms with Crippen LogP contribution in [-0.2, 0) is 12.8 Å². The number of aromatic nitrogens is 1. The van der Waals surface area contributed by atoms with E-state index in [4.69, 9.17) is 5.73 Å². The molecule has 1 amide bonds. The van der Waals surface area contributed by atoms with Gasteiger partial charge in [0.05, 0.1) is 11.9 Å². The molecule has 0 spiro atoms. The number of anilines is 2. The van der Waals surface area contributed by atoms with Crippen LogP contribution in [0.1, 0.15) is 34.5 Å². The number of nitrogens with one attached hydrogen (secondary N) is 1. The molecule has 0 fully saturated rings. The molecule has 3 rings (SSSR count). The van der Waals surface area contributed by atoms with Crippen molar-refractivity contribution in [2.75, 3.05) is 11.1 Å². The molecule has 1 heterocycles. The molecule has 4 heteroatoms. The molecule has 1 aliphatic rings. The fourth-order valence-corrected chi connectivity index (χ4v) is 2.62. The third kappa shape index (κ3) is 2.50. The van der Waals surface area contributed by atoms with E-state index in [0.29, 0.717) is 11.4 Å². The molecule has 0 saturated heterocycles. The zero-order valence-electron chi connectivity index (χ0n) is 11.2. The van der Waals surface area contributed by atoms with E-state index in [1.807, 2.05) is 12.1 Å². The number of hydrogen-bond donors (Lipinski definition) is 2. The highest BCUT2D eigenvalue weighted by Gasteiger charge is 2.15. The van der Waals surface area contributed by atoms with Crippen LogP contribution in [0.15, 0.2) is 36.5 Å². The van der Waals surface area contributed by atoms with Crippen LogP contribution in [0.4, 0.5) is 11.4 Å². The molecule has 2 aromatic rings. The molecular formula is C16H17N3O. The van der Waals surface area contributed by atoms with Crippen LogP contribution in [0.25, 0.3) is 0 Å². The summed E-state index contributed by atoms with van der Waals surface area (Å²) >= 11 is 0. The first-order valence-corrected chi connectivity index (χ1v) is 6.88. The minimum atomic E-state index is -0.191. The molecule has 4 nitrogen and oxygen atoms in total.